The van der Waals surface area contributed by atoms with E-state index in [-0.39, 0.29) is 6.61 Å². The van der Waals surface area contributed by atoms with E-state index in [0.717, 1.165) is 5.56 Å². The highest BCUT2D eigenvalue weighted by atomic mass is 16.5. The summed E-state index contributed by atoms with van der Waals surface area (Å²) < 4.78 is 10.6. The van der Waals surface area contributed by atoms with Crippen molar-refractivity contribution < 1.29 is 19.3 Å². The molecule has 0 radical (unpaired) electrons. The minimum Gasteiger partial charge on any atom is -0.445 e. The van der Waals surface area contributed by atoms with Gasteiger partial charge in [0, 0.05) is 7.11 Å². The minimum absolute atomic E-state index is 0.246. The Kier molecular flexibility index (Phi) is 6.44. The molecule has 0 unspecified atom stereocenters. The maximum absolute atomic E-state index is 12.1. The lowest BCUT2D eigenvalue weighted by Crippen LogP contribution is -2.59. The van der Waals surface area contributed by atoms with Crippen LogP contribution >= 0.6 is 0 Å². The first-order chi connectivity index (χ1) is 11.0. The molecule has 1 aliphatic heterocycles. The van der Waals surface area contributed by atoms with Crippen LogP contribution in [0.25, 0.3) is 0 Å². The van der Waals surface area contributed by atoms with Crippen LogP contribution < -0.4 is 5.32 Å². The van der Waals surface area contributed by atoms with E-state index in [4.69, 9.17) is 9.47 Å². The van der Waals surface area contributed by atoms with E-state index in [1.54, 1.807) is 13.9 Å². The molecule has 0 bridgehead atoms. The molecule has 1 aliphatic rings. The summed E-state index contributed by atoms with van der Waals surface area (Å²) in [6.45, 7) is 3.85. The Balaban J connectivity index is 1.87. The summed E-state index contributed by atoms with van der Waals surface area (Å²) in [6, 6.07) is 9.58. The van der Waals surface area contributed by atoms with Crippen LogP contribution in [-0.4, -0.2) is 55.3 Å². The van der Waals surface area contributed by atoms with Crippen molar-refractivity contribution in [3.8, 4) is 0 Å². The molecule has 7 heteroatoms. The molecular formula is C16H25BN2O4. The molecule has 2 rings (SSSR count). The van der Waals surface area contributed by atoms with E-state index >= 15 is 0 Å². The van der Waals surface area contributed by atoms with Gasteiger partial charge in [0.25, 0.3) is 0 Å². The van der Waals surface area contributed by atoms with Gasteiger partial charge in [-0.1, -0.05) is 30.3 Å². The van der Waals surface area contributed by atoms with Crippen LogP contribution in [0.5, 0.6) is 0 Å². The zero-order valence-electron chi connectivity index (χ0n) is 13.8. The summed E-state index contributed by atoms with van der Waals surface area (Å²) in [5.74, 6) is 0. The highest BCUT2D eigenvalue weighted by Crippen LogP contribution is 2.23. The van der Waals surface area contributed by atoms with Gasteiger partial charge in [-0.3, -0.25) is 0 Å². The van der Waals surface area contributed by atoms with Crippen LogP contribution in [0.2, 0.25) is 6.82 Å². The van der Waals surface area contributed by atoms with Crippen molar-refractivity contribution in [1.82, 2.24) is 10.1 Å². The molecule has 126 valence electrons. The smallest absolute Gasteiger partial charge is 0.407 e. The summed E-state index contributed by atoms with van der Waals surface area (Å²) in [5.41, 5.74) is 0.515. The predicted octanol–water partition coefficient (Wildman–Crippen LogP) is 1.50. The van der Waals surface area contributed by atoms with Gasteiger partial charge in [-0.2, -0.15) is 0 Å². The number of methoxy groups -OCH3 is 1. The summed E-state index contributed by atoms with van der Waals surface area (Å²) in [7, 11) is 1.15. The molecule has 1 aromatic carbocycles. The zero-order valence-corrected chi connectivity index (χ0v) is 13.8. The van der Waals surface area contributed by atoms with E-state index in [1.165, 1.54) is 0 Å². The lowest BCUT2D eigenvalue weighted by Gasteiger charge is -2.42. The molecule has 2 N–H and O–H groups in total. The highest BCUT2D eigenvalue weighted by molar-refractivity contribution is 6.45. The summed E-state index contributed by atoms with van der Waals surface area (Å²) in [6.07, 6.45) is 0.995. The number of carbonyl (C=O) groups excluding carboxylic acids is 1. The molecule has 6 nitrogen and oxygen atoms in total. The first kappa shape index (κ1) is 17.8. The Hall–Kier alpha value is -1.57. The van der Waals surface area contributed by atoms with E-state index < -0.39 is 18.7 Å². The van der Waals surface area contributed by atoms with Crippen molar-refractivity contribution >= 4 is 13.1 Å². The molecular weight excluding hydrogens is 295 g/mol. The van der Waals surface area contributed by atoms with Crippen LogP contribution in [-0.2, 0) is 16.1 Å². The van der Waals surface area contributed by atoms with E-state index in [1.807, 2.05) is 35.1 Å². The second kappa shape index (κ2) is 8.33. The summed E-state index contributed by atoms with van der Waals surface area (Å²) in [5, 5.41) is 12.6. The van der Waals surface area contributed by atoms with E-state index in [2.05, 4.69) is 5.32 Å². The largest absolute Gasteiger partial charge is 0.445 e. The average Bonchev–Trinajstić information content (AvgIpc) is 2.54. The van der Waals surface area contributed by atoms with Gasteiger partial charge in [0.1, 0.15) is 6.61 Å². The number of rotatable bonds is 6. The fourth-order valence-electron chi connectivity index (χ4n) is 2.88. The molecule has 0 spiro atoms. The second-order valence-electron chi connectivity index (χ2n) is 6.07. The SMILES string of the molecule is COCC1(NC(=O)OCc2ccccc2)CCN(B(C)O)CC1. The number of benzene rings is 1. The number of nitrogens with one attached hydrogen (secondary N) is 1. The van der Waals surface area contributed by atoms with Crippen molar-refractivity contribution in [1.29, 1.82) is 0 Å². The number of amides is 1. The number of carbonyl (C=O) groups is 1. The number of ether oxygens (including phenoxy) is 2. The molecule has 1 heterocycles. The van der Waals surface area contributed by atoms with Crippen LogP contribution in [0, 0.1) is 0 Å². The van der Waals surface area contributed by atoms with Gasteiger partial charge >= 0.3 is 13.1 Å². The molecule has 0 aliphatic carbocycles. The molecule has 1 aromatic rings. The van der Waals surface area contributed by atoms with Gasteiger partial charge in [0.2, 0.25) is 0 Å². The van der Waals surface area contributed by atoms with Crippen molar-refractivity contribution in [3.05, 3.63) is 35.9 Å². The van der Waals surface area contributed by atoms with Gasteiger partial charge in [-0.15, -0.1) is 0 Å². The molecule has 23 heavy (non-hydrogen) atoms. The number of hydrogen-bond acceptors (Lipinski definition) is 5. The zero-order chi connectivity index (χ0) is 16.7. The van der Waals surface area contributed by atoms with E-state index in [9.17, 15) is 9.82 Å². The Morgan fingerprint density at radius 1 is 1.35 bits per heavy atom. The Morgan fingerprint density at radius 3 is 2.57 bits per heavy atom. The van der Waals surface area contributed by atoms with Gasteiger partial charge in [0.15, 0.2) is 0 Å². The number of hydrogen-bond donors (Lipinski definition) is 2. The average molecular weight is 320 g/mol. The molecule has 1 saturated heterocycles. The van der Waals surface area contributed by atoms with Crippen LogP contribution in [0.4, 0.5) is 4.79 Å². The number of piperidine rings is 1. The lowest BCUT2D eigenvalue weighted by atomic mass is 9.78. The van der Waals surface area contributed by atoms with Crippen LogP contribution in [0.15, 0.2) is 30.3 Å². The minimum atomic E-state index is -0.472. The topological polar surface area (TPSA) is 71.0 Å². The van der Waals surface area contributed by atoms with Crippen LogP contribution in [0.1, 0.15) is 18.4 Å². The molecule has 1 fully saturated rings. The first-order valence-corrected chi connectivity index (χ1v) is 7.94. The Morgan fingerprint density at radius 2 is 2.00 bits per heavy atom. The molecule has 1 amide bonds. The predicted molar refractivity (Wildman–Crippen MR) is 89.0 cm³/mol. The normalized spacial score (nSPS) is 17.5. The van der Waals surface area contributed by atoms with Gasteiger partial charge in [-0.25, -0.2) is 4.79 Å². The standard InChI is InChI=1S/C16H25BN2O4/c1-17(21)19-10-8-16(9-11-19,13-22-2)18-15(20)23-12-14-6-4-3-5-7-14/h3-7,21H,8-13H2,1-2H3,(H,18,20). The molecule has 0 atom stereocenters. The van der Waals surface area contributed by atoms with Crippen molar-refractivity contribution in [2.45, 2.75) is 31.8 Å². The van der Waals surface area contributed by atoms with Gasteiger partial charge in [0.05, 0.1) is 12.1 Å². The maximum atomic E-state index is 12.1. The third-order valence-corrected chi connectivity index (χ3v) is 4.28. The maximum Gasteiger partial charge on any atom is 0.407 e. The summed E-state index contributed by atoms with van der Waals surface area (Å²) >= 11 is 0. The van der Waals surface area contributed by atoms with Crippen molar-refractivity contribution in [2.24, 2.45) is 0 Å². The van der Waals surface area contributed by atoms with E-state index in [0.29, 0.717) is 32.5 Å². The van der Waals surface area contributed by atoms with Crippen LogP contribution in [0.3, 0.4) is 0 Å². The molecule has 0 saturated carbocycles. The lowest BCUT2D eigenvalue weighted by molar-refractivity contribution is 0.0581. The first-order valence-electron chi connectivity index (χ1n) is 7.94. The third kappa shape index (κ3) is 5.23. The number of nitrogens with zero attached hydrogens (tertiary/aromatic N) is 1. The van der Waals surface area contributed by atoms with Crippen molar-refractivity contribution in [3.63, 3.8) is 0 Å². The Bertz CT molecular complexity index is 490. The number of alkyl carbamates (subject to hydrolysis) is 1. The quantitative estimate of drug-likeness (QED) is 0.778. The fraction of sp³-hybridized carbons (Fsp3) is 0.562. The van der Waals surface area contributed by atoms with Crippen molar-refractivity contribution in [2.75, 3.05) is 26.8 Å². The second-order valence-corrected chi connectivity index (χ2v) is 6.07. The highest BCUT2D eigenvalue weighted by Gasteiger charge is 2.38. The summed E-state index contributed by atoms with van der Waals surface area (Å²) in [4.78, 5) is 14.1. The fourth-order valence-corrected chi connectivity index (χ4v) is 2.88. The van der Waals surface area contributed by atoms with Gasteiger partial charge in [-0.05, 0) is 38.3 Å². The third-order valence-electron chi connectivity index (χ3n) is 4.28. The Labute approximate surface area is 137 Å². The van der Waals surface area contributed by atoms with Gasteiger partial charge < -0.3 is 24.6 Å². The monoisotopic (exact) mass is 320 g/mol. The molecule has 0 aromatic heterocycles.